The van der Waals surface area contributed by atoms with Gasteiger partial charge in [-0.1, -0.05) is 47.2 Å². The van der Waals surface area contributed by atoms with Gasteiger partial charge in [0, 0.05) is 5.39 Å². The summed E-state index contributed by atoms with van der Waals surface area (Å²) in [6.45, 7) is 1.82. The standard InChI is InChI=1S/C13H9ClN4OS/c1-7-17-18-13(20-7)16-12(19)10-6-8-4-2-3-5-9(8)11(14)15-10/h2-6H,1H3,(H,16,18,19). The average molecular weight is 305 g/mol. The topological polar surface area (TPSA) is 67.8 Å². The molecule has 0 atom stereocenters. The molecule has 3 rings (SSSR count). The maximum absolute atomic E-state index is 12.1. The molecule has 0 spiro atoms. The first kappa shape index (κ1) is 13.0. The Hall–Kier alpha value is -2.05. The van der Waals surface area contributed by atoms with Crippen molar-refractivity contribution in [2.45, 2.75) is 6.92 Å². The molecule has 0 saturated heterocycles. The number of benzene rings is 1. The number of pyridine rings is 1. The number of halogens is 1. The highest BCUT2D eigenvalue weighted by molar-refractivity contribution is 7.15. The molecule has 0 aliphatic carbocycles. The van der Waals surface area contributed by atoms with Crippen LogP contribution >= 0.6 is 22.9 Å². The molecule has 100 valence electrons. The van der Waals surface area contributed by atoms with Crippen LogP contribution in [0.1, 0.15) is 15.5 Å². The molecule has 0 fully saturated rings. The van der Waals surface area contributed by atoms with E-state index >= 15 is 0 Å². The van der Waals surface area contributed by atoms with Crippen molar-refractivity contribution in [1.29, 1.82) is 0 Å². The monoisotopic (exact) mass is 304 g/mol. The summed E-state index contributed by atoms with van der Waals surface area (Å²) >= 11 is 7.40. The molecule has 5 nitrogen and oxygen atoms in total. The molecule has 3 aromatic rings. The third-order valence-corrected chi connectivity index (χ3v) is 3.72. The van der Waals surface area contributed by atoms with Crippen LogP contribution in [0, 0.1) is 6.92 Å². The van der Waals surface area contributed by atoms with Crippen molar-refractivity contribution in [1.82, 2.24) is 15.2 Å². The molecule has 1 N–H and O–H groups in total. The second-order valence-corrected chi connectivity index (χ2v) is 5.64. The molecule has 0 saturated carbocycles. The Labute approximate surface area is 123 Å². The van der Waals surface area contributed by atoms with E-state index in [0.717, 1.165) is 15.8 Å². The number of amides is 1. The van der Waals surface area contributed by atoms with Gasteiger partial charge in [0.1, 0.15) is 15.9 Å². The van der Waals surface area contributed by atoms with Crippen molar-refractivity contribution < 1.29 is 4.79 Å². The molecule has 0 bridgehead atoms. The number of nitrogens with one attached hydrogen (secondary N) is 1. The number of fused-ring (bicyclic) bond motifs is 1. The summed E-state index contributed by atoms with van der Waals surface area (Å²) in [5.74, 6) is -0.353. The Morgan fingerprint density at radius 1 is 1.30 bits per heavy atom. The summed E-state index contributed by atoms with van der Waals surface area (Å²) in [4.78, 5) is 16.2. The van der Waals surface area contributed by atoms with Crippen LogP contribution in [0.15, 0.2) is 30.3 Å². The number of carbonyl (C=O) groups excluding carboxylic acids is 1. The molecule has 0 unspecified atom stereocenters. The number of rotatable bonds is 2. The number of aryl methyl sites for hydroxylation is 1. The Kier molecular flexibility index (Phi) is 3.33. The number of nitrogens with zero attached hydrogens (tertiary/aromatic N) is 3. The highest BCUT2D eigenvalue weighted by Gasteiger charge is 2.13. The van der Waals surface area contributed by atoms with E-state index in [-0.39, 0.29) is 11.6 Å². The third-order valence-electron chi connectivity index (χ3n) is 2.67. The van der Waals surface area contributed by atoms with Gasteiger partial charge in [-0.2, -0.15) is 0 Å². The van der Waals surface area contributed by atoms with Crippen molar-refractivity contribution in [2.24, 2.45) is 0 Å². The summed E-state index contributed by atoms with van der Waals surface area (Å²) in [5, 5.41) is 13.6. The van der Waals surface area contributed by atoms with Gasteiger partial charge < -0.3 is 0 Å². The van der Waals surface area contributed by atoms with E-state index < -0.39 is 0 Å². The lowest BCUT2D eigenvalue weighted by Gasteiger charge is -2.04. The van der Waals surface area contributed by atoms with Crippen LogP contribution in [0.2, 0.25) is 5.15 Å². The van der Waals surface area contributed by atoms with E-state index in [1.807, 2.05) is 31.2 Å². The molecule has 20 heavy (non-hydrogen) atoms. The normalized spacial score (nSPS) is 10.7. The Morgan fingerprint density at radius 3 is 2.85 bits per heavy atom. The lowest BCUT2D eigenvalue weighted by molar-refractivity contribution is 0.102. The van der Waals surface area contributed by atoms with E-state index in [1.165, 1.54) is 11.3 Å². The minimum absolute atomic E-state index is 0.251. The van der Waals surface area contributed by atoms with Crippen molar-refractivity contribution in [3.05, 3.63) is 46.2 Å². The lowest BCUT2D eigenvalue weighted by atomic mass is 10.1. The van der Waals surface area contributed by atoms with Crippen LogP contribution in [-0.4, -0.2) is 21.1 Å². The smallest absolute Gasteiger partial charge is 0.276 e. The fourth-order valence-corrected chi connectivity index (χ4v) is 2.63. The largest absolute Gasteiger partial charge is 0.295 e. The Morgan fingerprint density at radius 2 is 2.10 bits per heavy atom. The van der Waals surface area contributed by atoms with Crippen molar-refractivity contribution in [2.75, 3.05) is 5.32 Å². The summed E-state index contributed by atoms with van der Waals surface area (Å²) in [7, 11) is 0. The summed E-state index contributed by atoms with van der Waals surface area (Å²) in [6, 6.07) is 9.20. The first-order valence-corrected chi connectivity index (χ1v) is 6.99. The Balaban J connectivity index is 1.95. The fraction of sp³-hybridized carbons (Fsp3) is 0.0769. The highest BCUT2D eigenvalue weighted by atomic mass is 35.5. The van der Waals surface area contributed by atoms with Crippen molar-refractivity contribution >= 4 is 44.7 Å². The van der Waals surface area contributed by atoms with Gasteiger partial charge in [0.15, 0.2) is 0 Å². The van der Waals surface area contributed by atoms with E-state index in [9.17, 15) is 4.79 Å². The van der Waals surface area contributed by atoms with Gasteiger partial charge in [-0.3, -0.25) is 10.1 Å². The van der Waals surface area contributed by atoms with E-state index in [4.69, 9.17) is 11.6 Å². The predicted octanol–water partition coefficient (Wildman–Crippen LogP) is 3.30. The maximum atomic E-state index is 12.1. The molecule has 0 aliphatic rings. The lowest BCUT2D eigenvalue weighted by Crippen LogP contribution is -2.13. The van der Waals surface area contributed by atoms with Crippen LogP contribution in [0.4, 0.5) is 5.13 Å². The van der Waals surface area contributed by atoms with Gasteiger partial charge in [0.2, 0.25) is 5.13 Å². The minimum atomic E-state index is -0.353. The summed E-state index contributed by atoms with van der Waals surface area (Å²) in [6.07, 6.45) is 0. The molecule has 0 aliphatic heterocycles. The number of hydrogen-bond donors (Lipinski definition) is 1. The molecule has 1 aromatic carbocycles. The summed E-state index contributed by atoms with van der Waals surface area (Å²) < 4.78 is 0. The SMILES string of the molecule is Cc1nnc(NC(=O)c2cc3ccccc3c(Cl)n2)s1. The number of aromatic nitrogens is 3. The van der Waals surface area contributed by atoms with Gasteiger partial charge in [-0.15, -0.1) is 10.2 Å². The number of carbonyl (C=O) groups is 1. The number of anilines is 1. The molecular formula is C13H9ClN4OS. The van der Waals surface area contributed by atoms with E-state index in [1.54, 1.807) is 6.07 Å². The number of hydrogen-bond acceptors (Lipinski definition) is 5. The van der Waals surface area contributed by atoms with Gasteiger partial charge in [-0.05, 0) is 18.4 Å². The molecule has 7 heteroatoms. The highest BCUT2D eigenvalue weighted by Crippen LogP contribution is 2.23. The van der Waals surface area contributed by atoms with Crippen molar-refractivity contribution in [3.8, 4) is 0 Å². The first-order valence-electron chi connectivity index (χ1n) is 5.80. The second kappa shape index (κ2) is 5.15. The minimum Gasteiger partial charge on any atom is -0.295 e. The zero-order valence-electron chi connectivity index (χ0n) is 10.4. The summed E-state index contributed by atoms with van der Waals surface area (Å²) in [5.41, 5.74) is 0.251. The van der Waals surface area contributed by atoms with Crippen LogP contribution in [-0.2, 0) is 0 Å². The molecule has 1 amide bonds. The van der Waals surface area contributed by atoms with Crippen LogP contribution < -0.4 is 5.32 Å². The van der Waals surface area contributed by atoms with E-state index in [0.29, 0.717) is 10.3 Å². The van der Waals surface area contributed by atoms with Crippen LogP contribution in [0.3, 0.4) is 0 Å². The van der Waals surface area contributed by atoms with Crippen molar-refractivity contribution in [3.63, 3.8) is 0 Å². The maximum Gasteiger partial charge on any atom is 0.276 e. The molecular weight excluding hydrogens is 296 g/mol. The van der Waals surface area contributed by atoms with E-state index in [2.05, 4.69) is 20.5 Å². The van der Waals surface area contributed by atoms with Gasteiger partial charge in [0.25, 0.3) is 5.91 Å². The van der Waals surface area contributed by atoms with Crippen LogP contribution in [0.25, 0.3) is 10.8 Å². The molecule has 0 radical (unpaired) electrons. The van der Waals surface area contributed by atoms with Crippen LogP contribution in [0.5, 0.6) is 0 Å². The second-order valence-electron chi connectivity index (χ2n) is 4.10. The molecule has 2 heterocycles. The third kappa shape index (κ3) is 2.48. The quantitative estimate of drug-likeness (QED) is 0.738. The first-order chi connectivity index (χ1) is 9.63. The molecule has 2 aromatic heterocycles. The predicted molar refractivity (Wildman–Crippen MR) is 79.4 cm³/mol. The zero-order chi connectivity index (χ0) is 14.1. The van der Waals surface area contributed by atoms with Gasteiger partial charge in [-0.25, -0.2) is 4.98 Å². The van der Waals surface area contributed by atoms with Gasteiger partial charge >= 0.3 is 0 Å². The Bertz CT molecular complexity index is 802. The van der Waals surface area contributed by atoms with Gasteiger partial charge in [0.05, 0.1) is 0 Å². The zero-order valence-corrected chi connectivity index (χ0v) is 12.0. The fourth-order valence-electron chi connectivity index (χ4n) is 1.78. The average Bonchev–Trinajstić information content (AvgIpc) is 2.84.